The van der Waals surface area contributed by atoms with E-state index in [1.807, 2.05) is 0 Å². The first kappa shape index (κ1) is 9.90. The van der Waals surface area contributed by atoms with Crippen molar-refractivity contribution in [2.45, 2.75) is 9.10 Å². The molecule has 68 valence electrons. The van der Waals surface area contributed by atoms with Crippen molar-refractivity contribution in [1.29, 1.82) is 0 Å². The first-order valence-corrected chi connectivity index (χ1v) is 6.95. The van der Waals surface area contributed by atoms with Gasteiger partial charge in [0, 0.05) is 14.1 Å². The maximum absolute atomic E-state index is 4.34. The van der Waals surface area contributed by atoms with Gasteiger partial charge in [0.2, 0.25) is 0 Å². The Morgan fingerprint density at radius 1 is 1.38 bits per heavy atom. The number of thiophene rings is 1. The van der Waals surface area contributed by atoms with Crippen molar-refractivity contribution < 1.29 is 0 Å². The van der Waals surface area contributed by atoms with E-state index in [-0.39, 0.29) is 0 Å². The highest BCUT2D eigenvalue weighted by Gasteiger charge is 2.04. The summed E-state index contributed by atoms with van der Waals surface area (Å²) in [6.07, 6.45) is 2.08. The van der Waals surface area contributed by atoms with E-state index in [2.05, 4.69) is 53.0 Å². The lowest BCUT2D eigenvalue weighted by atomic mass is 10.3. The Morgan fingerprint density at radius 2 is 2.15 bits per heavy atom. The Kier molecular flexibility index (Phi) is 2.93. The van der Waals surface area contributed by atoms with Crippen molar-refractivity contribution in [3.05, 3.63) is 22.7 Å². The van der Waals surface area contributed by atoms with Crippen LogP contribution in [0.2, 0.25) is 0 Å². The molecule has 0 spiro atoms. The van der Waals surface area contributed by atoms with Gasteiger partial charge in [-0.2, -0.15) is 0 Å². The van der Waals surface area contributed by atoms with E-state index in [1.54, 1.807) is 23.1 Å². The van der Waals surface area contributed by atoms with Gasteiger partial charge in [0.05, 0.1) is 4.21 Å². The number of hydrogen-bond donors (Lipinski definition) is 1. The van der Waals surface area contributed by atoms with Crippen LogP contribution in [-0.4, -0.2) is 6.26 Å². The molecule has 0 unspecified atom stereocenters. The lowest BCUT2D eigenvalue weighted by molar-refractivity contribution is 1.50. The Morgan fingerprint density at radius 3 is 2.85 bits per heavy atom. The minimum absolute atomic E-state index is 1.06. The third-order valence-electron chi connectivity index (χ3n) is 1.77. The van der Waals surface area contributed by atoms with Crippen LogP contribution in [0.15, 0.2) is 31.8 Å². The van der Waals surface area contributed by atoms with E-state index in [1.165, 1.54) is 19.5 Å². The number of thioether (sulfide) groups is 1. The molecule has 0 saturated carbocycles. The van der Waals surface area contributed by atoms with Gasteiger partial charge in [0.25, 0.3) is 0 Å². The molecule has 1 heterocycles. The zero-order chi connectivity index (χ0) is 9.42. The Hall–Kier alpha value is 0.360. The van der Waals surface area contributed by atoms with E-state index in [0.29, 0.717) is 0 Å². The number of fused-ring (bicyclic) bond motifs is 1. The van der Waals surface area contributed by atoms with Gasteiger partial charge in [0.15, 0.2) is 0 Å². The van der Waals surface area contributed by atoms with Gasteiger partial charge in [-0.15, -0.1) is 35.7 Å². The second-order valence-electron chi connectivity index (χ2n) is 2.61. The lowest BCUT2D eigenvalue weighted by Crippen LogP contribution is -1.70. The van der Waals surface area contributed by atoms with Crippen LogP contribution in [0.25, 0.3) is 10.1 Å². The smallest absolute Gasteiger partial charge is 0.0581 e. The van der Waals surface area contributed by atoms with E-state index in [4.69, 9.17) is 0 Å². The van der Waals surface area contributed by atoms with Crippen molar-refractivity contribution >= 4 is 61.7 Å². The SMILES string of the molecule is CSc1cc(Br)c2sc(S)cc2c1. The fraction of sp³-hybridized carbons (Fsp3) is 0.111. The topological polar surface area (TPSA) is 0 Å². The normalized spacial score (nSPS) is 11.0. The maximum atomic E-state index is 4.34. The zero-order valence-electron chi connectivity index (χ0n) is 6.87. The van der Waals surface area contributed by atoms with Crippen LogP contribution in [0.4, 0.5) is 0 Å². The zero-order valence-corrected chi connectivity index (χ0v) is 11.0. The molecule has 0 bridgehead atoms. The molecule has 13 heavy (non-hydrogen) atoms. The van der Waals surface area contributed by atoms with Gasteiger partial charge < -0.3 is 0 Å². The highest BCUT2D eigenvalue weighted by molar-refractivity contribution is 9.10. The van der Waals surface area contributed by atoms with Gasteiger partial charge in [-0.1, -0.05) is 0 Å². The molecule has 1 aromatic carbocycles. The molecule has 2 rings (SSSR count). The predicted octanol–water partition coefficient (Wildman–Crippen LogP) is 4.67. The minimum Gasteiger partial charge on any atom is -0.133 e. The molecule has 0 amide bonds. The fourth-order valence-corrected chi connectivity index (χ4v) is 3.74. The molecular weight excluding hydrogens is 284 g/mol. The summed E-state index contributed by atoms with van der Waals surface area (Å²) in [6.45, 7) is 0. The number of hydrogen-bond acceptors (Lipinski definition) is 3. The number of rotatable bonds is 1. The average Bonchev–Trinajstić information content (AvgIpc) is 2.46. The second-order valence-corrected chi connectivity index (χ2v) is 6.18. The molecule has 0 aliphatic rings. The van der Waals surface area contributed by atoms with E-state index in [0.717, 1.165) is 4.21 Å². The molecule has 0 atom stereocenters. The molecule has 0 saturated heterocycles. The largest absolute Gasteiger partial charge is 0.133 e. The van der Waals surface area contributed by atoms with Crippen LogP contribution >= 0.6 is 51.7 Å². The molecule has 1 aromatic heterocycles. The van der Waals surface area contributed by atoms with Crippen molar-refractivity contribution in [2.24, 2.45) is 0 Å². The van der Waals surface area contributed by atoms with E-state index in [9.17, 15) is 0 Å². The Balaban J connectivity index is 2.75. The summed E-state index contributed by atoms with van der Waals surface area (Å²) < 4.78 is 3.51. The van der Waals surface area contributed by atoms with Crippen molar-refractivity contribution in [3.8, 4) is 0 Å². The Labute approximate surface area is 99.3 Å². The Bertz CT molecular complexity index is 447. The highest BCUT2D eigenvalue weighted by atomic mass is 79.9. The van der Waals surface area contributed by atoms with Crippen LogP contribution in [0, 0.1) is 0 Å². The third-order valence-corrected chi connectivity index (χ3v) is 4.75. The van der Waals surface area contributed by atoms with Gasteiger partial charge >= 0.3 is 0 Å². The van der Waals surface area contributed by atoms with Gasteiger partial charge in [-0.25, -0.2) is 0 Å². The fourth-order valence-electron chi connectivity index (χ4n) is 1.19. The molecular formula is C9H7BrS3. The minimum atomic E-state index is 1.06. The van der Waals surface area contributed by atoms with Gasteiger partial charge in [-0.05, 0) is 45.8 Å². The molecule has 0 aliphatic carbocycles. The summed E-state index contributed by atoms with van der Waals surface area (Å²) in [5.74, 6) is 0. The van der Waals surface area contributed by atoms with Gasteiger partial charge in [-0.3, -0.25) is 0 Å². The highest BCUT2D eigenvalue weighted by Crippen LogP contribution is 2.36. The van der Waals surface area contributed by atoms with E-state index < -0.39 is 0 Å². The number of benzene rings is 1. The van der Waals surface area contributed by atoms with Crippen LogP contribution in [0.1, 0.15) is 0 Å². The average molecular weight is 291 g/mol. The lowest BCUT2D eigenvalue weighted by Gasteiger charge is -1.98. The first-order valence-electron chi connectivity index (χ1n) is 3.67. The summed E-state index contributed by atoms with van der Waals surface area (Å²) >= 11 is 11.4. The predicted molar refractivity (Wildman–Crippen MR) is 68.6 cm³/mol. The van der Waals surface area contributed by atoms with Crippen molar-refractivity contribution in [1.82, 2.24) is 0 Å². The summed E-state index contributed by atoms with van der Waals surface area (Å²) in [4.78, 5) is 1.28. The molecule has 0 N–H and O–H groups in total. The molecule has 4 heteroatoms. The summed E-state index contributed by atoms with van der Waals surface area (Å²) in [5.41, 5.74) is 0. The molecule has 0 fully saturated rings. The standard InChI is InChI=1S/C9H7BrS3/c1-12-6-2-5-3-8(11)13-9(5)7(10)4-6/h2-4,11H,1H3. The second kappa shape index (κ2) is 3.85. The monoisotopic (exact) mass is 290 g/mol. The number of thiol groups is 1. The maximum Gasteiger partial charge on any atom is 0.0581 e. The van der Waals surface area contributed by atoms with Crippen molar-refractivity contribution in [3.63, 3.8) is 0 Å². The summed E-state index contributed by atoms with van der Waals surface area (Å²) in [5, 5.41) is 1.27. The third kappa shape index (κ3) is 1.91. The molecule has 0 radical (unpaired) electrons. The molecule has 2 aromatic rings. The first-order chi connectivity index (χ1) is 6.20. The van der Waals surface area contributed by atoms with Crippen LogP contribution in [-0.2, 0) is 0 Å². The molecule has 0 aliphatic heterocycles. The summed E-state index contributed by atoms with van der Waals surface area (Å²) in [7, 11) is 0. The van der Waals surface area contributed by atoms with Crippen molar-refractivity contribution in [2.75, 3.05) is 6.26 Å². The van der Waals surface area contributed by atoms with Crippen LogP contribution in [0.3, 0.4) is 0 Å². The van der Waals surface area contributed by atoms with Crippen LogP contribution < -0.4 is 0 Å². The van der Waals surface area contributed by atoms with E-state index >= 15 is 0 Å². The number of halogens is 1. The quantitative estimate of drug-likeness (QED) is 0.588. The van der Waals surface area contributed by atoms with Gasteiger partial charge in [0.1, 0.15) is 0 Å². The summed E-state index contributed by atoms with van der Waals surface area (Å²) in [6, 6.07) is 6.45. The molecule has 0 nitrogen and oxygen atoms in total. The van der Waals surface area contributed by atoms with Crippen LogP contribution in [0.5, 0.6) is 0 Å².